The molecule has 0 radical (unpaired) electrons. The first-order valence-electron chi connectivity index (χ1n) is 10.2. The van der Waals surface area contributed by atoms with Gasteiger partial charge in [-0.3, -0.25) is 5.10 Å². The molecule has 0 saturated heterocycles. The molecule has 2 heteroatoms. The van der Waals surface area contributed by atoms with E-state index in [1.54, 1.807) is 31.7 Å². The maximum Gasteiger partial charge on any atom is 0.0487 e. The lowest BCUT2D eigenvalue weighted by Gasteiger charge is -2.59. The zero-order valence-electron chi connectivity index (χ0n) is 15.5. The second-order valence-electron chi connectivity index (χ2n) is 9.35. The highest BCUT2D eigenvalue weighted by molar-refractivity contribution is 5.16. The largest absolute Gasteiger partial charge is 0.286 e. The van der Waals surface area contributed by atoms with Crippen molar-refractivity contribution in [1.29, 1.82) is 0 Å². The highest BCUT2D eigenvalue weighted by Gasteiger charge is 2.56. The smallest absolute Gasteiger partial charge is 0.0487 e. The Kier molecular flexibility index (Phi) is 4.34. The van der Waals surface area contributed by atoms with Gasteiger partial charge in [0.25, 0.3) is 0 Å². The fourth-order valence-electron chi connectivity index (χ4n) is 6.99. The van der Waals surface area contributed by atoms with Gasteiger partial charge in [0.05, 0.1) is 0 Å². The summed E-state index contributed by atoms with van der Waals surface area (Å²) in [5.74, 6) is 4.17. The maximum atomic E-state index is 3.60. The molecule has 4 aliphatic carbocycles. The number of aromatic nitrogens is 2. The minimum atomic E-state index is 0.568. The van der Waals surface area contributed by atoms with Gasteiger partial charge in [0, 0.05) is 12.4 Å². The first-order chi connectivity index (χ1) is 11.6. The van der Waals surface area contributed by atoms with Gasteiger partial charge in [-0.2, -0.15) is 5.10 Å². The summed E-state index contributed by atoms with van der Waals surface area (Å²) >= 11 is 0. The molecular weight excluding hydrogens is 292 g/mol. The van der Waals surface area contributed by atoms with Crippen molar-refractivity contribution >= 4 is 0 Å². The standard InChI is InChI=1S/C19H30.C3H4N2/c1-18-11-5-7-16(18)15-9-8-14-6-3-4-12-19(14,2)17(15)10-13-18;1-2-4-5-3-1/h5,11,14-17H,3-4,6-10,12-13H2,1-2H3;1-3H,(H,4,5)/t14-,15+,16+,17+,18+,19+;/m1./s1. The van der Waals surface area contributed by atoms with Crippen LogP contribution >= 0.6 is 0 Å². The molecule has 0 aliphatic heterocycles. The highest BCUT2D eigenvalue weighted by Crippen LogP contribution is 2.64. The summed E-state index contributed by atoms with van der Waals surface area (Å²) in [5.41, 5.74) is 1.28. The van der Waals surface area contributed by atoms with Crippen LogP contribution in [0.2, 0.25) is 0 Å². The first kappa shape index (κ1) is 16.4. The van der Waals surface area contributed by atoms with Crippen LogP contribution in [0.25, 0.3) is 0 Å². The quantitative estimate of drug-likeness (QED) is 0.582. The summed E-state index contributed by atoms with van der Waals surface area (Å²) in [6, 6.07) is 1.83. The van der Waals surface area contributed by atoms with Crippen molar-refractivity contribution in [2.24, 2.45) is 34.5 Å². The van der Waals surface area contributed by atoms with Crippen LogP contribution in [0.4, 0.5) is 0 Å². The molecule has 2 nitrogen and oxygen atoms in total. The molecule has 0 aromatic carbocycles. The Bertz CT molecular complexity index is 545. The minimum Gasteiger partial charge on any atom is -0.286 e. The number of fused-ring (bicyclic) bond motifs is 5. The number of allylic oxidation sites excluding steroid dienone is 2. The van der Waals surface area contributed by atoms with Crippen LogP contribution in [0.3, 0.4) is 0 Å². The monoisotopic (exact) mass is 326 g/mol. The van der Waals surface area contributed by atoms with Gasteiger partial charge in [0.15, 0.2) is 0 Å². The van der Waals surface area contributed by atoms with Crippen molar-refractivity contribution in [2.75, 3.05) is 0 Å². The first-order valence-corrected chi connectivity index (χ1v) is 10.2. The number of H-pyrrole nitrogens is 1. The molecule has 0 spiro atoms. The van der Waals surface area contributed by atoms with Crippen LogP contribution in [0, 0.1) is 34.5 Å². The molecule has 1 aromatic heterocycles. The van der Waals surface area contributed by atoms with Gasteiger partial charge in [0.1, 0.15) is 0 Å². The van der Waals surface area contributed by atoms with Crippen molar-refractivity contribution in [3.05, 3.63) is 30.6 Å². The minimum absolute atomic E-state index is 0.568. The fourth-order valence-corrected chi connectivity index (χ4v) is 6.99. The highest BCUT2D eigenvalue weighted by atomic mass is 15.1. The molecule has 0 unspecified atom stereocenters. The van der Waals surface area contributed by atoms with Crippen molar-refractivity contribution < 1.29 is 0 Å². The zero-order chi connectivity index (χ0) is 16.6. The van der Waals surface area contributed by atoms with Gasteiger partial charge in [-0.1, -0.05) is 38.8 Å². The van der Waals surface area contributed by atoms with E-state index in [-0.39, 0.29) is 0 Å². The van der Waals surface area contributed by atoms with Crippen LogP contribution in [0.1, 0.15) is 71.6 Å². The van der Waals surface area contributed by atoms with Crippen LogP contribution in [0.5, 0.6) is 0 Å². The maximum absolute atomic E-state index is 3.60. The molecular formula is C22H34N2. The van der Waals surface area contributed by atoms with Crippen molar-refractivity contribution in [3.8, 4) is 0 Å². The summed E-state index contributed by atoms with van der Waals surface area (Å²) < 4.78 is 0. The average molecular weight is 327 g/mol. The molecule has 6 atom stereocenters. The molecule has 1 N–H and O–H groups in total. The third-order valence-electron chi connectivity index (χ3n) is 8.32. The molecule has 5 rings (SSSR count). The molecule has 3 saturated carbocycles. The third-order valence-corrected chi connectivity index (χ3v) is 8.32. The number of rotatable bonds is 0. The van der Waals surface area contributed by atoms with Gasteiger partial charge in [0.2, 0.25) is 0 Å². The summed E-state index contributed by atoms with van der Waals surface area (Å²) in [7, 11) is 0. The molecule has 4 aliphatic rings. The Labute approximate surface area is 147 Å². The second-order valence-corrected chi connectivity index (χ2v) is 9.35. The molecule has 24 heavy (non-hydrogen) atoms. The number of hydrogen-bond donors (Lipinski definition) is 1. The van der Waals surface area contributed by atoms with Gasteiger partial charge in [-0.25, -0.2) is 0 Å². The Balaban J connectivity index is 0.000000252. The van der Waals surface area contributed by atoms with Crippen molar-refractivity contribution in [1.82, 2.24) is 10.2 Å². The predicted molar refractivity (Wildman–Crippen MR) is 99.5 cm³/mol. The van der Waals surface area contributed by atoms with Crippen LogP contribution < -0.4 is 0 Å². The van der Waals surface area contributed by atoms with E-state index in [0.29, 0.717) is 10.8 Å². The van der Waals surface area contributed by atoms with Gasteiger partial charge >= 0.3 is 0 Å². The van der Waals surface area contributed by atoms with E-state index < -0.39 is 0 Å². The van der Waals surface area contributed by atoms with E-state index in [9.17, 15) is 0 Å². The van der Waals surface area contributed by atoms with Gasteiger partial charge in [-0.15, -0.1) is 0 Å². The third kappa shape index (κ3) is 2.66. The van der Waals surface area contributed by atoms with Crippen LogP contribution in [-0.2, 0) is 0 Å². The van der Waals surface area contributed by atoms with E-state index in [1.807, 2.05) is 6.07 Å². The van der Waals surface area contributed by atoms with E-state index in [1.165, 1.54) is 38.5 Å². The average Bonchev–Trinajstić information content (AvgIpc) is 3.26. The second kappa shape index (κ2) is 6.35. The van der Waals surface area contributed by atoms with Crippen LogP contribution in [-0.4, -0.2) is 10.2 Å². The zero-order valence-corrected chi connectivity index (χ0v) is 15.5. The Morgan fingerprint density at radius 1 is 1.00 bits per heavy atom. The van der Waals surface area contributed by atoms with Gasteiger partial charge < -0.3 is 0 Å². The molecule has 0 amide bonds. The lowest BCUT2D eigenvalue weighted by atomic mass is 9.45. The molecule has 132 valence electrons. The van der Waals surface area contributed by atoms with E-state index >= 15 is 0 Å². The summed E-state index contributed by atoms with van der Waals surface area (Å²) in [6.45, 7) is 5.23. The predicted octanol–water partition coefficient (Wildman–Crippen LogP) is 6.00. The molecule has 0 bridgehead atoms. The van der Waals surface area contributed by atoms with Crippen molar-refractivity contribution in [2.45, 2.75) is 71.6 Å². The number of nitrogens with one attached hydrogen (secondary N) is 1. The normalized spacial score (nSPS) is 46.2. The topological polar surface area (TPSA) is 28.7 Å². The Hall–Kier alpha value is -1.05. The van der Waals surface area contributed by atoms with E-state index in [2.05, 4.69) is 36.2 Å². The van der Waals surface area contributed by atoms with Crippen LogP contribution in [0.15, 0.2) is 30.6 Å². The number of hydrogen-bond acceptors (Lipinski definition) is 1. The Morgan fingerprint density at radius 2 is 1.92 bits per heavy atom. The lowest BCUT2D eigenvalue weighted by Crippen LogP contribution is -2.51. The lowest BCUT2D eigenvalue weighted by molar-refractivity contribution is -0.0969. The summed E-state index contributed by atoms with van der Waals surface area (Å²) in [6.07, 6.45) is 22.1. The summed E-state index contributed by atoms with van der Waals surface area (Å²) in [4.78, 5) is 0. The molecule has 1 heterocycles. The van der Waals surface area contributed by atoms with Gasteiger partial charge in [-0.05, 0) is 85.5 Å². The van der Waals surface area contributed by atoms with E-state index in [4.69, 9.17) is 0 Å². The summed E-state index contributed by atoms with van der Waals surface area (Å²) in [5, 5.41) is 6.21. The SMILES string of the molecule is C[C@]12CCCC[C@@H]1CC[C@@H]1[C@@H]2CC[C@]2(C)C=CC[C@@H]12.c1cn[nH]c1. The van der Waals surface area contributed by atoms with Crippen molar-refractivity contribution in [3.63, 3.8) is 0 Å². The fraction of sp³-hybridized carbons (Fsp3) is 0.773. The number of nitrogens with zero attached hydrogens (tertiary/aromatic N) is 1. The number of aromatic amines is 1. The molecule has 1 aromatic rings. The van der Waals surface area contributed by atoms with E-state index in [0.717, 1.165) is 23.7 Å². The molecule has 3 fully saturated rings. The Morgan fingerprint density at radius 3 is 2.67 bits per heavy atom.